The first kappa shape index (κ1) is 8.99. The van der Waals surface area contributed by atoms with Crippen molar-refractivity contribution in [2.75, 3.05) is 23.7 Å². The summed E-state index contributed by atoms with van der Waals surface area (Å²) in [4.78, 5) is 10.4. The summed E-state index contributed by atoms with van der Waals surface area (Å²) in [5.74, 6) is 1.35. The van der Waals surface area contributed by atoms with Gasteiger partial charge in [-0.25, -0.2) is 4.98 Å². The lowest BCUT2D eigenvalue weighted by molar-refractivity contribution is 0.773. The lowest BCUT2D eigenvalue weighted by Crippen LogP contribution is -2.29. The van der Waals surface area contributed by atoms with Gasteiger partial charge in [-0.1, -0.05) is 11.6 Å². The molecule has 0 fully saturated rings. The van der Waals surface area contributed by atoms with Crippen LogP contribution in [0.1, 0.15) is 13.3 Å². The third-order valence-corrected chi connectivity index (χ3v) is 2.40. The van der Waals surface area contributed by atoms with E-state index < -0.39 is 0 Å². The highest BCUT2D eigenvalue weighted by molar-refractivity contribution is 5.43. The van der Waals surface area contributed by atoms with Gasteiger partial charge >= 0.3 is 0 Å². The van der Waals surface area contributed by atoms with Gasteiger partial charge in [-0.3, -0.25) is 4.98 Å². The highest BCUT2D eigenvalue weighted by atomic mass is 15.2. The van der Waals surface area contributed by atoms with Gasteiger partial charge in [0.25, 0.3) is 0 Å². The SMILES string of the molecule is CC1=CCN(c2cncc(N)n2)CC1. The molecule has 0 atom stereocenters. The van der Waals surface area contributed by atoms with Crippen molar-refractivity contribution < 1.29 is 0 Å². The maximum atomic E-state index is 5.58. The fourth-order valence-corrected chi connectivity index (χ4v) is 1.50. The molecule has 0 saturated heterocycles. The van der Waals surface area contributed by atoms with Gasteiger partial charge in [-0.15, -0.1) is 0 Å². The van der Waals surface area contributed by atoms with Gasteiger partial charge in [-0.05, 0) is 13.3 Å². The van der Waals surface area contributed by atoms with Crippen LogP contribution >= 0.6 is 0 Å². The Morgan fingerprint density at radius 1 is 1.43 bits per heavy atom. The summed E-state index contributed by atoms with van der Waals surface area (Å²) < 4.78 is 0. The van der Waals surface area contributed by atoms with Crippen LogP contribution in [0, 0.1) is 0 Å². The number of rotatable bonds is 1. The number of nitrogens with two attached hydrogens (primary N) is 1. The molecule has 0 spiro atoms. The fraction of sp³-hybridized carbons (Fsp3) is 0.400. The van der Waals surface area contributed by atoms with E-state index in [9.17, 15) is 0 Å². The van der Waals surface area contributed by atoms with Gasteiger partial charge in [0.05, 0.1) is 12.4 Å². The average molecular weight is 190 g/mol. The zero-order chi connectivity index (χ0) is 9.97. The molecule has 2 rings (SSSR count). The van der Waals surface area contributed by atoms with E-state index in [1.165, 1.54) is 5.57 Å². The summed E-state index contributed by atoms with van der Waals surface area (Å²) in [5.41, 5.74) is 7.02. The van der Waals surface area contributed by atoms with Crippen LogP contribution in [0.15, 0.2) is 24.0 Å². The number of nitrogens with zero attached hydrogens (tertiary/aromatic N) is 3. The van der Waals surface area contributed by atoms with Gasteiger partial charge in [-0.2, -0.15) is 0 Å². The fourth-order valence-electron chi connectivity index (χ4n) is 1.50. The van der Waals surface area contributed by atoms with Crippen LogP contribution in [0.25, 0.3) is 0 Å². The largest absolute Gasteiger partial charge is 0.382 e. The number of hydrogen-bond acceptors (Lipinski definition) is 4. The molecule has 74 valence electrons. The minimum Gasteiger partial charge on any atom is -0.382 e. The van der Waals surface area contributed by atoms with Gasteiger partial charge in [0.15, 0.2) is 0 Å². The third-order valence-electron chi connectivity index (χ3n) is 2.40. The standard InChI is InChI=1S/C10H14N4/c1-8-2-4-14(5-3-8)10-7-12-6-9(11)13-10/h2,6-7H,3-5H2,1H3,(H2,11,13). The summed E-state index contributed by atoms with van der Waals surface area (Å²) in [6, 6.07) is 0. The van der Waals surface area contributed by atoms with Crippen LogP contribution in [0.5, 0.6) is 0 Å². The molecule has 0 radical (unpaired) electrons. The van der Waals surface area contributed by atoms with Crippen LogP contribution in [-0.2, 0) is 0 Å². The summed E-state index contributed by atoms with van der Waals surface area (Å²) in [6.45, 7) is 4.06. The van der Waals surface area contributed by atoms with Crippen LogP contribution in [0.2, 0.25) is 0 Å². The van der Waals surface area contributed by atoms with Crippen LogP contribution in [0.4, 0.5) is 11.6 Å². The minimum atomic E-state index is 0.480. The van der Waals surface area contributed by atoms with Crippen molar-refractivity contribution in [1.29, 1.82) is 0 Å². The van der Waals surface area contributed by atoms with Gasteiger partial charge in [0, 0.05) is 13.1 Å². The Morgan fingerprint density at radius 3 is 2.93 bits per heavy atom. The Morgan fingerprint density at radius 2 is 2.29 bits per heavy atom. The second-order valence-electron chi connectivity index (χ2n) is 3.55. The van der Waals surface area contributed by atoms with E-state index in [1.807, 2.05) is 0 Å². The normalized spacial score (nSPS) is 16.6. The van der Waals surface area contributed by atoms with E-state index in [0.717, 1.165) is 25.3 Å². The van der Waals surface area contributed by atoms with E-state index in [2.05, 4.69) is 27.9 Å². The van der Waals surface area contributed by atoms with Crippen molar-refractivity contribution >= 4 is 11.6 Å². The second-order valence-corrected chi connectivity index (χ2v) is 3.55. The molecule has 0 aliphatic carbocycles. The van der Waals surface area contributed by atoms with Gasteiger partial charge in [0.2, 0.25) is 0 Å². The highest BCUT2D eigenvalue weighted by Crippen LogP contribution is 2.16. The van der Waals surface area contributed by atoms with Gasteiger partial charge in [0.1, 0.15) is 11.6 Å². The Bertz CT molecular complexity index is 359. The topological polar surface area (TPSA) is 55.0 Å². The van der Waals surface area contributed by atoms with Crippen molar-refractivity contribution in [2.24, 2.45) is 0 Å². The quantitative estimate of drug-likeness (QED) is 0.676. The molecule has 1 aromatic rings. The lowest BCUT2D eigenvalue weighted by Gasteiger charge is -2.26. The molecule has 0 amide bonds. The predicted molar refractivity (Wildman–Crippen MR) is 57.0 cm³/mol. The summed E-state index contributed by atoms with van der Waals surface area (Å²) >= 11 is 0. The molecule has 1 aliphatic rings. The number of anilines is 2. The monoisotopic (exact) mass is 190 g/mol. The molecule has 0 aromatic carbocycles. The highest BCUT2D eigenvalue weighted by Gasteiger charge is 2.11. The maximum absolute atomic E-state index is 5.58. The molecule has 0 bridgehead atoms. The third kappa shape index (κ3) is 1.84. The number of aromatic nitrogens is 2. The zero-order valence-corrected chi connectivity index (χ0v) is 8.27. The molecule has 2 N–H and O–H groups in total. The van der Waals surface area contributed by atoms with Crippen LogP contribution < -0.4 is 10.6 Å². The molecular weight excluding hydrogens is 176 g/mol. The van der Waals surface area contributed by atoms with Crippen molar-refractivity contribution in [2.45, 2.75) is 13.3 Å². The first-order valence-electron chi connectivity index (χ1n) is 4.74. The molecular formula is C10H14N4. The summed E-state index contributed by atoms with van der Waals surface area (Å²) in [6.07, 6.45) is 6.63. The maximum Gasteiger partial charge on any atom is 0.149 e. The Kier molecular flexibility index (Phi) is 2.35. The smallest absolute Gasteiger partial charge is 0.149 e. The Balaban J connectivity index is 2.16. The summed E-state index contributed by atoms with van der Waals surface area (Å²) in [5, 5.41) is 0. The Hall–Kier alpha value is -1.58. The lowest BCUT2D eigenvalue weighted by atomic mass is 10.1. The Labute approximate surface area is 83.5 Å². The van der Waals surface area contributed by atoms with Crippen LogP contribution in [-0.4, -0.2) is 23.1 Å². The molecule has 14 heavy (non-hydrogen) atoms. The van der Waals surface area contributed by atoms with E-state index in [-0.39, 0.29) is 0 Å². The van der Waals surface area contributed by atoms with E-state index in [4.69, 9.17) is 5.73 Å². The van der Waals surface area contributed by atoms with Crippen molar-refractivity contribution in [1.82, 2.24) is 9.97 Å². The molecule has 4 heteroatoms. The summed E-state index contributed by atoms with van der Waals surface area (Å²) in [7, 11) is 0. The zero-order valence-electron chi connectivity index (χ0n) is 8.27. The molecule has 2 heterocycles. The number of nitrogen functional groups attached to an aromatic ring is 1. The van der Waals surface area contributed by atoms with Crippen molar-refractivity contribution in [3.05, 3.63) is 24.0 Å². The van der Waals surface area contributed by atoms with Crippen molar-refractivity contribution in [3.8, 4) is 0 Å². The molecule has 1 aliphatic heterocycles. The first-order valence-corrected chi connectivity index (χ1v) is 4.74. The molecule has 1 aromatic heterocycles. The number of hydrogen-bond donors (Lipinski definition) is 1. The second kappa shape index (κ2) is 3.65. The average Bonchev–Trinajstić information content (AvgIpc) is 2.19. The predicted octanol–water partition coefficient (Wildman–Crippen LogP) is 1.22. The molecule has 0 saturated carbocycles. The van der Waals surface area contributed by atoms with E-state index >= 15 is 0 Å². The van der Waals surface area contributed by atoms with E-state index in [0.29, 0.717) is 5.82 Å². The molecule has 0 unspecified atom stereocenters. The minimum absolute atomic E-state index is 0.480. The van der Waals surface area contributed by atoms with E-state index in [1.54, 1.807) is 12.4 Å². The van der Waals surface area contributed by atoms with Crippen molar-refractivity contribution in [3.63, 3.8) is 0 Å². The van der Waals surface area contributed by atoms with Crippen LogP contribution in [0.3, 0.4) is 0 Å². The molecule has 4 nitrogen and oxygen atoms in total. The van der Waals surface area contributed by atoms with Gasteiger partial charge < -0.3 is 10.6 Å². The first-order chi connectivity index (χ1) is 6.75.